The average Bonchev–Trinajstić information content (AvgIpc) is 3.26. The molecule has 0 spiro atoms. The molecule has 4 rings (SSSR count). The molecule has 1 N–H and O–H groups in total. The second kappa shape index (κ2) is 11.5. The van der Waals surface area contributed by atoms with Gasteiger partial charge in [-0.25, -0.2) is 8.78 Å². The Kier molecular flexibility index (Phi) is 8.35. The van der Waals surface area contributed by atoms with Crippen LogP contribution in [0.4, 0.5) is 8.78 Å². The van der Waals surface area contributed by atoms with Crippen LogP contribution in [0.5, 0.6) is 5.75 Å². The Balaban J connectivity index is 1.38. The highest BCUT2D eigenvalue weighted by Crippen LogP contribution is 2.32. The molecule has 1 fully saturated rings. The van der Waals surface area contributed by atoms with Crippen LogP contribution < -0.4 is 4.74 Å². The molecule has 2 aromatic heterocycles. The van der Waals surface area contributed by atoms with Crippen LogP contribution >= 0.6 is 23.1 Å². The van der Waals surface area contributed by atoms with Crippen molar-refractivity contribution in [3.63, 3.8) is 0 Å². The van der Waals surface area contributed by atoms with Crippen molar-refractivity contribution in [1.82, 2.24) is 9.88 Å². The quantitative estimate of drug-likeness (QED) is 0.285. The zero-order valence-electron chi connectivity index (χ0n) is 19.2. The molecule has 3 heterocycles. The van der Waals surface area contributed by atoms with Gasteiger partial charge in [-0.3, -0.25) is 14.6 Å². The molecule has 0 aliphatic carbocycles. The second-order valence-electron chi connectivity index (χ2n) is 8.52. The van der Waals surface area contributed by atoms with Gasteiger partial charge in [-0.05, 0) is 54.9 Å². The number of rotatable bonds is 10. The maximum Gasteiger partial charge on any atom is 0.308 e. The summed E-state index contributed by atoms with van der Waals surface area (Å²) in [5, 5.41) is 11.9. The number of ketones is 1. The van der Waals surface area contributed by atoms with Crippen LogP contribution in [0.25, 0.3) is 10.9 Å². The third-order valence-electron chi connectivity index (χ3n) is 6.43. The molecule has 0 saturated carbocycles. The maximum atomic E-state index is 14.6. The summed E-state index contributed by atoms with van der Waals surface area (Å²) in [6, 6.07) is 6.41. The molecule has 3 aromatic rings. The minimum atomic E-state index is -0.894. The number of carboxylic acids is 1. The fourth-order valence-electron chi connectivity index (χ4n) is 4.55. The lowest BCUT2D eigenvalue weighted by Crippen LogP contribution is -2.44. The molecular weight excluding hydrogens is 494 g/mol. The zero-order chi connectivity index (χ0) is 24.9. The van der Waals surface area contributed by atoms with Crippen LogP contribution in [0, 0.1) is 23.5 Å². The highest BCUT2D eigenvalue weighted by atomic mass is 32.2. The Bertz CT molecular complexity index is 1220. The summed E-state index contributed by atoms with van der Waals surface area (Å²) in [5.74, 6) is -1.80. The number of Topliss-reactive ketones (excluding diaryl/α,β-unsaturated/α-hetero) is 1. The van der Waals surface area contributed by atoms with Crippen molar-refractivity contribution in [3.05, 3.63) is 53.0 Å². The number of piperidine rings is 1. The number of hydrogen-bond acceptors (Lipinski definition) is 7. The van der Waals surface area contributed by atoms with E-state index in [2.05, 4.69) is 9.88 Å². The van der Waals surface area contributed by atoms with E-state index in [1.807, 2.05) is 0 Å². The minimum Gasteiger partial charge on any atom is -0.497 e. The Labute approximate surface area is 210 Å². The summed E-state index contributed by atoms with van der Waals surface area (Å²) in [5.41, 5.74) is 0.462. The van der Waals surface area contributed by atoms with Gasteiger partial charge in [0.1, 0.15) is 11.6 Å². The van der Waals surface area contributed by atoms with Gasteiger partial charge in [0.25, 0.3) is 0 Å². The van der Waals surface area contributed by atoms with Crippen LogP contribution in [0.3, 0.4) is 0 Å². The standard InChI is InChI=1S/C25H26F2N2O4S2/c1-33-16-3-4-21-17(12-16)23(20(27)13-28-21)22(30)5-2-15-6-8-29(14-18(15)24(31)32)9-11-35-25-19(26)7-10-34-25/h3-4,7,10,12-13,15,18H,2,5-6,8-9,11,14H2,1H3,(H,31,32). The summed E-state index contributed by atoms with van der Waals surface area (Å²) in [6.07, 6.45) is 2.09. The number of hydrogen-bond donors (Lipinski definition) is 1. The van der Waals surface area contributed by atoms with E-state index in [1.165, 1.54) is 36.3 Å². The number of benzene rings is 1. The van der Waals surface area contributed by atoms with E-state index >= 15 is 0 Å². The molecule has 1 aliphatic rings. The van der Waals surface area contributed by atoms with Crippen molar-refractivity contribution >= 4 is 45.8 Å². The summed E-state index contributed by atoms with van der Waals surface area (Å²) in [7, 11) is 1.49. The molecule has 1 aromatic carbocycles. The number of nitrogens with zero attached hydrogens (tertiary/aromatic N) is 2. The highest BCUT2D eigenvalue weighted by Gasteiger charge is 2.34. The van der Waals surface area contributed by atoms with Crippen LogP contribution in [0.2, 0.25) is 0 Å². The van der Waals surface area contributed by atoms with Gasteiger partial charge in [-0.2, -0.15) is 0 Å². The Hall–Kier alpha value is -2.56. The molecule has 0 amide bonds. The van der Waals surface area contributed by atoms with E-state index in [4.69, 9.17) is 4.74 Å². The van der Waals surface area contributed by atoms with Crippen molar-refractivity contribution in [3.8, 4) is 5.75 Å². The van der Waals surface area contributed by atoms with Crippen LogP contribution in [-0.2, 0) is 4.79 Å². The molecule has 35 heavy (non-hydrogen) atoms. The molecular formula is C25H26F2N2O4S2. The van der Waals surface area contributed by atoms with Gasteiger partial charge in [0.2, 0.25) is 0 Å². The summed E-state index contributed by atoms with van der Waals surface area (Å²) < 4.78 is 34.1. The third kappa shape index (κ3) is 5.99. The van der Waals surface area contributed by atoms with Gasteiger partial charge in [0.05, 0.1) is 34.5 Å². The normalized spacial score (nSPS) is 18.6. The lowest BCUT2D eigenvalue weighted by atomic mass is 9.81. The second-order valence-corrected chi connectivity index (χ2v) is 10.8. The highest BCUT2D eigenvalue weighted by molar-refractivity contribution is 8.01. The van der Waals surface area contributed by atoms with Crippen LogP contribution in [-0.4, -0.2) is 59.2 Å². The Morgan fingerprint density at radius 3 is 2.83 bits per heavy atom. The third-order valence-corrected chi connectivity index (χ3v) is 8.60. The predicted octanol–water partition coefficient (Wildman–Crippen LogP) is 5.36. The number of thioether (sulfide) groups is 1. The van der Waals surface area contributed by atoms with Gasteiger partial charge in [0.15, 0.2) is 11.6 Å². The van der Waals surface area contributed by atoms with E-state index in [-0.39, 0.29) is 29.5 Å². The number of aliphatic carboxylic acids is 1. The molecule has 0 bridgehead atoms. The summed E-state index contributed by atoms with van der Waals surface area (Å²) >= 11 is 2.79. The number of aromatic nitrogens is 1. The first-order chi connectivity index (χ1) is 16.9. The SMILES string of the molecule is COc1ccc2ncc(F)c(C(=O)CCC3CCN(CCSc4sccc4F)CC3C(=O)O)c2c1. The number of carbonyl (C=O) groups excluding carboxylic acids is 1. The van der Waals surface area contributed by atoms with Crippen molar-refractivity contribution in [2.45, 2.75) is 23.5 Å². The first-order valence-corrected chi connectivity index (χ1v) is 13.2. The van der Waals surface area contributed by atoms with Crippen molar-refractivity contribution in [1.29, 1.82) is 0 Å². The molecule has 186 valence electrons. The fraction of sp³-hybridized carbons (Fsp3) is 0.400. The van der Waals surface area contributed by atoms with Gasteiger partial charge in [0, 0.05) is 30.6 Å². The number of halogens is 2. The first-order valence-electron chi connectivity index (χ1n) is 11.3. The van der Waals surface area contributed by atoms with Crippen LogP contribution in [0.1, 0.15) is 29.6 Å². The molecule has 1 aliphatic heterocycles. The monoisotopic (exact) mass is 520 g/mol. The molecule has 2 atom stereocenters. The predicted molar refractivity (Wildman–Crippen MR) is 132 cm³/mol. The van der Waals surface area contributed by atoms with E-state index in [0.29, 0.717) is 59.1 Å². The van der Waals surface area contributed by atoms with Crippen molar-refractivity contribution < 1.29 is 28.2 Å². The maximum absolute atomic E-state index is 14.6. The largest absolute Gasteiger partial charge is 0.497 e. The van der Waals surface area contributed by atoms with E-state index in [9.17, 15) is 23.5 Å². The van der Waals surface area contributed by atoms with E-state index in [0.717, 1.165) is 6.20 Å². The van der Waals surface area contributed by atoms with Crippen molar-refractivity contribution in [2.75, 3.05) is 32.5 Å². The van der Waals surface area contributed by atoms with Crippen molar-refractivity contribution in [2.24, 2.45) is 11.8 Å². The van der Waals surface area contributed by atoms with E-state index < -0.39 is 17.7 Å². The Morgan fingerprint density at radius 1 is 1.29 bits per heavy atom. The first kappa shape index (κ1) is 25.5. The van der Waals surface area contributed by atoms with Gasteiger partial charge < -0.3 is 14.7 Å². The summed E-state index contributed by atoms with van der Waals surface area (Å²) in [6.45, 7) is 1.75. The number of ether oxygens (including phenoxy) is 1. The number of methoxy groups -OCH3 is 1. The van der Waals surface area contributed by atoms with Gasteiger partial charge in [-0.1, -0.05) is 0 Å². The van der Waals surface area contributed by atoms with Crippen LogP contribution in [0.15, 0.2) is 40.1 Å². The lowest BCUT2D eigenvalue weighted by molar-refractivity contribution is -0.146. The molecule has 0 radical (unpaired) electrons. The molecule has 1 saturated heterocycles. The summed E-state index contributed by atoms with van der Waals surface area (Å²) in [4.78, 5) is 31.2. The van der Waals surface area contributed by atoms with Gasteiger partial charge in [-0.15, -0.1) is 23.1 Å². The smallest absolute Gasteiger partial charge is 0.308 e. The fourth-order valence-corrected chi connectivity index (χ4v) is 6.47. The number of carbonyl (C=O) groups is 2. The average molecular weight is 521 g/mol. The number of likely N-dealkylation sites (tertiary alicyclic amines) is 1. The zero-order valence-corrected chi connectivity index (χ0v) is 20.8. The van der Waals surface area contributed by atoms with Gasteiger partial charge >= 0.3 is 5.97 Å². The molecule has 2 unspecified atom stereocenters. The number of carboxylic acid groups (broad SMARTS) is 1. The molecule has 6 nitrogen and oxygen atoms in total. The minimum absolute atomic E-state index is 0.0314. The number of pyridine rings is 1. The molecule has 10 heteroatoms. The number of fused-ring (bicyclic) bond motifs is 1. The topological polar surface area (TPSA) is 79.7 Å². The number of thiophene rings is 1. The lowest BCUT2D eigenvalue weighted by Gasteiger charge is -2.36. The Morgan fingerprint density at radius 2 is 2.11 bits per heavy atom. The van der Waals surface area contributed by atoms with E-state index in [1.54, 1.807) is 23.6 Å².